The van der Waals surface area contributed by atoms with Gasteiger partial charge in [-0.05, 0) is 12.1 Å². The van der Waals surface area contributed by atoms with Gasteiger partial charge in [0.1, 0.15) is 15.6 Å². The molecule has 0 aliphatic carbocycles. The topological polar surface area (TPSA) is 98.5 Å². The number of benzene rings is 1. The molecule has 1 amide bonds. The van der Waals surface area contributed by atoms with Crippen molar-refractivity contribution < 1.29 is 31.1 Å². The predicted octanol–water partition coefficient (Wildman–Crippen LogP) is 0.896. The number of rotatable bonds is 5. The molecular formula is C11H13F3N2O4S. The lowest BCUT2D eigenvalue weighted by atomic mass is 10.2. The van der Waals surface area contributed by atoms with Crippen LogP contribution in [0.5, 0.6) is 5.75 Å². The molecule has 3 N–H and O–H groups in total. The Morgan fingerprint density at radius 3 is 2.57 bits per heavy atom. The van der Waals surface area contributed by atoms with Gasteiger partial charge >= 0.3 is 6.36 Å². The standard InChI is InChI=1S/C11H13F3N2O4S/c1-21(18,19)6-9(15)10(17)16-7-3-2-4-8(5-7)20-11(12,13)14/h2-5,9H,6,15H2,1H3,(H,16,17)/t9-/m1/s1. The van der Waals surface area contributed by atoms with Gasteiger partial charge in [-0.2, -0.15) is 0 Å². The van der Waals surface area contributed by atoms with Crippen LogP contribution in [0, 0.1) is 0 Å². The zero-order valence-electron chi connectivity index (χ0n) is 10.8. The van der Waals surface area contributed by atoms with Gasteiger partial charge in [0.25, 0.3) is 0 Å². The van der Waals surface area contributed by atoms with Gasteiger partial charge in [-0.25, -0.2) is 8.42 Å². The zero-order valence-corrected chi connectivity index (χ0v) is 11.7. The van der Waals surface area contributed by atoms with Crippen LogP contribution in [0.25, 0.3) is 0 Å². The van der Waals surface area contributed by atoms with Crippen molar-refractivity contribution in [1.82, 2.24) is 0 Å². The number of halogens is 3. The van der Waals surface area contributed by atoms with Gasteiger partial charge in [0.2, 0.25) is 5.91 Å². The van der Waals surface area contributed by atoms with E-state index >= 15 is 0 Å². The van der Waals surface area contributed by atoms with Crippen molar-refractivity contribution in [2.75, 3.05) is 17.3 Å². The Morgan fingerprint density at radius 2 is 2.05 bits per heavy atom. The summed E-state index contributed by atoms with van der Waals surface area (Å²) in [4.78, 5) is 11.6. The summed E-state index contributed by atoms with van der Waals surface area (Å²) in [5, 5.41) is 2.21. The third-order valence-electron chi connectivity index (χ3n) is 2.15. The number of hydrogen-bond acceptors (Lipinski definition) is 5. The fraction of sp³-hybridized carbons (Fsp3) is 0.364. The molecule has 0 heterocycles. The van der Waals surface area contributed by atoms with Crippen molar-refractivity contribution in [2.24, 2.45) is 5.73 Å². The van der Waals surface area contributed by atoms with Crippen LogP contribution in [-0.2, 0) is 14.6 Å². The summed E-state index contributed by atoms with van der Waals surface area (Å²) >= 11 is 0. The van der Waals surface area contributed by atoms with E-state index in [1.54, 1.807) is 0 Å². The highest BCUT2D eigenvalue weighted by Gasteiger charge is 2.31. The molecule has 0 bridgehead atoms. The quantitative estimate of drug-likeness (QED) is 0.837. The number of carbonyl (C=O) groups is 1. The fourth-order valence-electron chi connectivity index (χ4n) is 1.41. The average molecular weight is 326 g/mol. The molecule has 1 aromatic rings. The fourth-order valence-corrected chi connectivity index (χ4v) is 2.21. The highest BCUT2D eigenvalue weighted by atomic mass is 32.2. The molecule has 0 aliphatic heterocycles. The van der Waals surface area contributed by atoms with Gasteiger partial charge in [-0.15, -0.1) is 13.2 Å². The van der Waals surface area contributed by atoms with Crippen LogP contribution in [0.15, 0.2) is 24.3 Å². The van der Waals surface area contributed by atoms with E-state index in [1.807, 2.05) is 0 Å². The summed E-state index contributed by atoms with van der Waals surface area (Å²) in [5.41, 5.74) is 5.39. The molecule has 0 saturated carbocycles. The van der Waals surface area contributed by atoms with Crippen molar-refractivity contribution >= 4 is 21.4 Å². The van der Waals surface area contributed by atoms with E-state index in [1.165, 1.54) is 12.1 Å². The number of sulfone groups is 1. The Balaban J connectivity index is 2.75. The number of amides is 1. The second-order valence-electron chi connectivity index (χ2n) is 4.26. The lowest BCUT2D eigenvalue weighted by Gasteiger charge is -2.13. The van der Waals surface area contributed by atoms with Gasteiger partial charge < -0.3 is 15.8 Å². The Hall–Kier alpha value is -1.81. The third kappa shape index (κ3) is 6.95. The molecule has 1 rings (SSSR count). The first-order chi connectivity index (χ1) is 9.46. The molecule has 6 nitrogen and oxygen atoms in total. The van der Waals surface area contributed by atoms with Crippen LogP contribution in [0.3, 0.4) is 0 Å². The SMILES string of the molecule is CS(=O)(=O)C[C@@H](N)C(=O)Nc1cccc(OC(F)(F)F)c1. The number of alkyl halides is 3. The van der Waals surface area contributed by atoms with Crippen LogP contribution in [0.4, 0.5) is 18.9 Å². The minimum atomic E-state index is -4.85. The van der Waals surface area contributed by atoms with E-state index in [9.17, 15) is 26.4 Å². The number of hydrogen-bond donors (Lipinski definition) is 2. The van der Waals surface area contributed by atoms with E-state index in [0.717, 1.165) is 18.4 Å². The lowest BCUT2D eigenvalue weighted by molar-refractivity contribution is -0.274. The maximum atomic E-state index is 12.1. The molecule has 0 fully saturated rings. The Labute approximate surface area is 119 Å². The summed E-state index contributed by atoms with van der Waals surface area (Å²) in [7, 11) is -3.45. The van der Waals surface area contributed by atoms with Crippen molar-refractivity contribution in [3.05, 3.63) is 24.3 Å². The minimum Gasteiger partial charge on any atom is -0.406 e. The zero-order chi connectivity index (χ0) is 16.3. The van der Waals surface area contributed by atoms with Crippen LogP contribution in [-0.4, -0.2) is 38.7 Å². The summed E-state index contributed by atoms with van der Waals surface area (Å²) in [6.07, 6.45) is -3.94. The number of nitrogens with two attached hydrogens (primary N) is 1. The van der Waals surface area contributed by atoms with E-state index in [2.05, 4.69) is 10.1 Å². The summed E-state index contributed by atoms with van der Waals surface area (Å²) in [6.45, 7) is 0. The molecule has 0 saturated heterocycles. The molecular weight excluding hydrogens is 313 g/mol. The van der Waals surface area contributed by atoms with Gasteiger partial charge in [-0.3, -0.25) is 4.79 Å². The van der Waals surface area contributed by atoms with E-state index in [-0.39, 0.29) is 5.69 Å². The van der Waals surface area contributed by atoms with Crippen LogP contribution in [0.1, 0.15) is 0 Å². The van der Waals surface area contributed by atoms with Crippen molar-refractivity contribution in [1.29, 1.82) is 0 Å². The first kappa shape index (κ1) is 17.2. The molecule has 118 valence electrons. The van der Waals surface area contributed by atoms with E-state index in [4.69, 9.17) is 5.73 Å². The molecule has 10 heteroatoms. The first-order valence-corrected chi connectivity index (χ1v) is 7.62. The molecule has 0 unspecified atom stereocenters. The van der Waals surface area contributed by atoms with Crippen LogP contribution >= 0.6 is 0 Å². The maximum absolute atomic E-state index is 12.1. The molecule has 0 spiro atoms. The lowest BCUT2D eigenvalue weighted by Crippen LogP contribution is -2.41. The second-order valence-corrected chi connectivity index (χ2v) is 6.45. The van der Waals surface area contributed by atoms with E-state index < -0.39 is 39.7 Å². The van der Waals surface area contributed by atoms with Crippen molar-refractivity contribution in [3.63, 3.8) is 0 Å². The number of carbonyl (C=O) groups excluding carboxylic acids is 1. The molecule has 0 radical (unpaired) electrons. The predicted molar refractivity (Wildman–Crippen MR) is 69.4 cm³/mol. The smallest absolute Gasteiger partial charge is 0.406 e. The van der Waals surface area contributed by atoms with Gasteiger partial charge in [0.15, 0.2) is 0 Å². The summed E-state index contributed by atoms with van der Waals surface area (Å²) < 4.78 is 61.9. The monoisotopic (exact) mass is 326 g/mol. The van der Waals surface area contributed by atoms with Crippen LogP contribution in [0.2, 0.25) is 0 Å². The highest BCUT2D eigenvalue weighted by molar-refractivity contribution is 7.90. The first-order valence-electron chi connectivity index (χ1n) is 5.56. The molecule has 21 heavy (non-hydrogen) atoms. The maximum Gasteiger partial charge on any atom is 0.573 e. The normalized spacial score (nSPS) is 13.6. The largest absolute Gasteiger partial charge is 0.573 e. The van der Waals surface area contributed by atoms with Gasteiger partial charge in [-0.1, -0.05) is 6.07 Å². The minimum absolute atomic E-state index is 0.00528. The number of ether oxygens (including phenoxy) is 1. The number of nitrogens with one attached hydrogen (secondary N) is 1. The Morgan fingerprint density at radius 1 is 1.43 bits per heavy atom. The molecule has 0 aromatic heterocycles. The Bertz CT molecular complexity index is 616. The van der Waals surface area contributed by atoms with Crippen LogP contribution < -0.4 is 15.8 Å². The van der Waals surface area contributed by atoms with Crippen molar-refractivity contribution in [3.8, 4) is 5.75 Å². The van der Waals surface area contributed by atoms with Gasteiger partial charge in [0.05, 0.1) is 11.8 Å². The molecule has 1 aromatic carbocycles. The Kier molecular flexibility index (Phi) is 5.18. The van der Waals surface area contributed by atoms with Gasteiger partial charge in [0, 0.05) is 18.0 Å². The number of anilines is 1. The molecule has 0 aliphatic rings. The summed E-state index contributed by atoms with van der Waals surface area (Å²) in [6, 6.07) is 3.22. The summed E-state index contributed by atoms with van der Waals surface area (Å²) in [5.74, 6) is -1.92. The van der Waals surface area contributed by atoms with E-state index in [0.29, 0.717) is 0 Å². The second kappa shape index (κ2) is 6.31. The third-order valence-corrected chi connectivity index (χ3v) is 3.12. The average Bonchev–Trinajstić information content (AvgIpc) is 2.24. The highest BCUT2D eigenvalue weighted by Crippen LogP contribution is 2.25. The molecule has 1 atom stereocenters. The van der Waals surface area contributed by atoms with Crippen molar-refractivity contribution in [2.45, 2.75) is 12.4 Å².